The predicted octanol–water partition coefficient (Wildman–Crippen LogP) is 5.91. The maximum Gasteiger partial charge on any atom is 0.410 e. The summed E-state index contributed by atoms with van der Waals surface area (Å²) in [6.45, 7) is 12.0. The Hall–Kier alpha value is -4.54. The topological polar surface area (TPSA) is 89.8 Å². The van der Waals surface area contributed by atoms with Crippen LogP contribution in [0.3, 0.4) is 0 Å². The van der Waals surface area contributed by atoms with E-state index >= 15 is 4.39 Å². The van der Waals surface area contributed by atoms with Crippen LogP contribution in [0.25, 0.3) is 16.7 Å². The zero-order chi connectivity index (χ0) is 30.3. The lowest BCUT2D eigenvalue weighted by atomic mass is 10.1. The Morgan fingerprint density at radius 1 is 1.00 bits per heavy atom. The molecule has 42 heavy (non-hydrogen) atoms. The molecule has 2 aromatic heterocycles. The highest BCUT2D eigenvalue weighted by atomic mass is 19.1. The van der Waals surface area contributed by atoms with Gasteiger partial charge in [0.15, 0.2) is 11.5 Å². The van der Waals surface area contributed by atoms with Crippen LogP contribution in [0.4, 0.5) is 19.4 Å². The van der Waals surface area contributed by atoms with Gasteiger partial charge in [0.25, 0.3) is 5.88 Å². The smallest absolute Gasteiger partial charge is 0.410 e. The van der Waals surface area contributed by atoms with Gasteiger partial charge in [-0.3, -0.25) is 0 Å². The molecule has 0 aliphatic carbocycles. The van der Waals surface area contributed by atoms with Crippen molar-refractivity contribution in [2.75, 3.05) is 24.5 Å². The minimum absolute atomic E-state index is 0.0582. The molecule has 1 unspecified atom stereocenters. The number of benzene rings is 2. The molecule has 1 fully saturated rings. The third-order valence-corrected chi connectivity index (χ3v) is 6.99. The van der Waals surface area contributed by atoms with Gasteiger partial charge in [-0.2, -0.15) is 9.97 Å². The van der Waals surface area contributed by atoms with E-state index in [0.29, 0.717) is 30.7 Å². The van der Waals surface area contributed by atoms with E-state index in [0.717, 1.165) is 17.2 Å². The van der Waals surface area contributed by atoms with Crippen molar-refractivity contribution in [3.63, 3.8) is 0 Å². The second-order valence-electron chi connectivity index (χ2n) is 11.5. The van der Waals surface area contributed by atoms with Crippen molar-refractivity contribution in [3.05, 3.63) is 81.8 Å². The molecule has 0 saturated carbocycles. The minimum atomic E-state index is -0.804. The van der Waals surface area contributed by atoms with Crippen molar-refractivity contribution in [3.8, 4) is 17.3 Å². The van der Waals surface area contributed by atoms with Gasteiger partial charge < -0.3 is 19.3 Å². The fourth-order valence-electron chi connectivity index (χ4n) is 5.15. The molecular weight excluding hydrogens is 544 g/mol. The third kappa shape index (κ3) is 5.77. The summed E-state index contributed by atoms with van der Waals surface area (Å²) < 4.78 is 41.9. The van der Waals surface area contributed by atoms with Gasteiger partial charge in [-0.1, -0.05) is 24.3 Å². The van der Waals surface area contributed by atoms with Crippen molar-refractivity contribution in [1.29, 1.82) is 0 Å². The maximum absolute atomic E-state index is 15.6. The Labute approximate surface area is 242 Å². The van der Waals surface area contributed by atoms with Gasteiger partial charge in [0.2, 0.25) is 0 Å². The lowest BCUT2D eigenvalue weighted by Gasteiger charge is -2.41. The molecule has 1 aliphatic heterocycles. The Morgan fingerprint density at radius 2 is 1.69 bits per heavy atom. The summed E-state index contributed by atoms with van der Waals surface area (Å²) >= 11 is 0. The number of pyridine rings is 1. The second-order valence-corrected chi connectivity index (χ2v) is 11.5. The first-order valence-electron chi connectivity index (χ1n) is 13.7. The quantitative estimate of drug-likeness (QED) is 0.298. The van der Waals surface area contributed by atoms with E-state index in [1.54, 1.807) is 25.7 Å². The molecular formula is C31H33F2N5O4. The van der Waals surface area contributed by atoms with Crippen LogP contribution < -0.4 is 15.3 Å². The number of rotatable bonds is 4. The molecule has 1 amide bonds. The molecule has 220 valence electrons. The molecule has 2 aromatic carbocycles. The van der Waals surface area contributed by atoms with Crippen LogP contribution in [0.1, 0.15) is 38.8 Å². The number of fused-ring (bicyclic) bond motifs is 1. The molecule has 1 atom stereocenters. The molecule has 0 radical (unpaired) electrons. The monoisotopic (exact) mass is 577 g/mol. The van der Waals surface area contributed by atoms with Gasteiger partial charge in [0.1, 0.15) is 23.0 Å². The molecule has 0 spiro atoms. The van der Waals surface area contributed by atoms with Crippen LogP contribution in [0, 0.1) is 25.5 Å². The number of halogens is 2. The first kappa shape index (κ1) is 29.0. The molecule has 1 saturated heterocycles. The van der Waals surface area contributed by atoms with Gasteiger partial charge in [-0.05, 0) is 70.9 Å². The van der Waals surface area contributed by atoms with Crippen LogP contribution in [0.15, 0.2) is 53.3 Å². The summed E-state index contributed by atoms with van der Waals surface area (Å²) in [4.78, 5) is 38.8. The van der Waals surface area contributed by atoms with Crippen LogP contribution in [0.2, 0.25) is 0 Å². The molecule has 4 aromatic rings. The van der Waals surface area contributed by atoms with E-state index in [1.165, 1.54) is 28.8 Å². The molecule has 9 nitrogen and oxygen atoms in total. The molecule has 0 N–H and O–H groups in total. The number of piperazine rings is 1. The van der Waals surface area contributed by atoms with E-state index in [9.17, 15) is 14.0 Å². The number of para-hydroxylation sites is 1. The Kier molecular flexibility index (Phi) is 7.61. The summed E-state index contributed by atoms with van der Waals surface area (Å²) in [5, 5.41) is 0.291. The number of carbonyl (C=O) groups excluding carboxylic acids is 1. The van der Waals surface area contributed by atoms with Crippen molar-refractivity contribution < 1.29 is 23.0 Å². The SMILES string of the molecule is Cc1cccc(C)c1-n1c(=O)nc(N2CCN(C(=O)OC(C)(C)C)CC2C)c2cc(F)c(Oc3cccc(F)c3)nc21. The second kappa shape index (κ2) is 11.0. The van der Waals surface area contributed by atoms with Crippen LogP contribution in [-0.4, -0.2) is 56.8 Å². The van der Waals surface area contributed by atoms with Crippen molar-refractivity contribution in [2.24, 2.45) is 0 Å². The summed E-state index contributed by atoms with van der Waals surface area (Å²) in [5.74, 6) is -1.46. The molecule has 1 aliphatic rings. The number of amides is 1. The fourth-order valence-corrected chi connectivity index (χ4v) is 5.15. The van der Waals surface area contributed by atoms with Crippen molar-refractivity contribution in [1.82, 2.24) is 19.4 Å². The number of hydrogen-bond acceptors (Lipinski definition) is 7. The molecule has 5 rings (SSSR count). The van der Waals surface area contributed by atoms with Gasteiger partial charge in [-0.15, -0.1) is 0 Å². The highest BCUT2D eigenvalue weighted by Crippen LogP contribution is 2.33. The average molecular weight is 578 g/mol. The summed E-state index contributed by atoms with van der Waals surface area (Å²) in [6.07, 6.45) is -0.427. The first-order valence-corrected chi connectivity index (χ1v) is 13.7. The molecule has 11 heteroatoms. The lowest BCUT2D eigenvalue weighted by Crippen LogP contribution is -2.55. The van der Waals surface area contributed by atoms with Crippen molar-refractivity contribution >= 4 is 22.9 Å². The largest absolute Gasteiger partial charge is 0.444 e. The number of hydrogen-bond donors (Lipinski definition) is 0. The lowest BCUT2D eigenvalue weighted by molar-refractivity contribution is 0.0218. The number of aromatic nitrogens is 3. The van der Waals surface area contributed by atoms with Crippen molar-refractivity contribution in [2.45, 2.75) is 53.2 Å². The van der Waals surface area contributed by atoms with Gasteiger partial charge in [0, 0.05) is 31.7 Å². The molecule has 3 heterocycles. The van der Waals surface area contributed by atoms with Crippen LogP contribution in [0.5, 0.6) is 11.6 Å². The number of nitrogens with zero attached hydrogens (tertiary/aromatic N) is 5. The van der Waals surface area contributed by atoms with Crippen LogP contribution >= 0.6 is 0 Å². The van der Waals surface area contributed by atoms with E-state index < -0.39 is 34.9 Å². The third-order valence-electron chi connectivity index (χ3n) is 6.99. The van der Waals surface area contributed by atoms with Gasteiger partial charge in [0.05, 0.1) is 11.1 Å². The highest BCUT2D eigenvalue weighted by Gasteiger charge is 2.32. The summed E-state index contributed by atoms with van der Waals surface area (Å²) in [5.41, 5.74) is 1.06. The minimum Gasteiger partial charge on any atom is -0.444 e. The van der Waals surface area contributed by atoms with E-state index in [-0.39, 0.29) is 23.3 Å². The average Bonchev–Trinajstić information content (AvgIpc) is 2.89. The van der Waals surface area contributed by atoms with Gasteiger partial charge >= 0.3 is 11.8 Å². The van der Waals surface area contributed by atoms with E-state index in [4.69, 9.17) is 9.47 Å². The predicted molar refractivity (Wildman–Crippen MR) is 156 cm³/mol. The Morgan fingerprint density at radius 3 is 2.33 bits per heavy atom. The molecule has 0 bridgehead atoms. The summed E-state index contributed by atoms with van der Waals surface area (Å²) in [7, 11) is 0. The zero-order valence-corrected chi connectivity index (χ0v) is 24.4. The number of carbonyl (C=O) groups is 1. The first-order chi connectivity index (χ1) is 19.8. The number of anilines is 1. The number of aryl methyl sites for hydroxylation is 2. The highest BCUT2D eigenvalue weighted by molar-refractivity contribution is 5.89. The van der Waals surface area contributed by atoms with E-state index in [1.807, 2.05) is 43.9 Å². The Bertz CT molecular complexity index is 1710. The fraction of sp³-hybridized carbons (Fsp3) is 0.355. The van der Waals surface area contributed by atoms with Crippen LogP contribution in [-0.2, 0) is 4.74 Å². The maximum atomic E-state index is 15.6. The Balaban J connectivity index is 1.64. The zero-order valence-electron chi connectivity index (χ0n) is 24.4. The standard InChI is InChI=1S/C31H33F2N5O4/c1-18-9-7-10-19(2)25(18)38-27-23(16-24(33)28(34-27)41-22-12-8-11-21(32)15-22)26(35-29(38)39)37-14-13-36(17-20(37)3)30(40)42-31(4,5)6/h7-12,15-16,20H,13-14,17H2,1-6H3. The van der Waals surface area contributed by atoms with E-state index in [2.05, 4.69) is 9.97 Å². The van der Waals surface area contributed by atoms with Gasteiger partial charge in [-0.25, -0.2) is 22.9 Å². The normalized spacial score (nSPS) is 15.7. The summed E-state index contributed by atoms with van der Waals surface area (Å²) in [6, 6.07) is 11.8. The number of ether oxygens (including phenoxy) is 2.